The summed E-state index contributed by atoms with van der Waals surface area (Å²) in [4.78, 5) is 2.19. The van der Waals surface area contributed by atoms with Crippen molar-refractivity contribution in [2.75, 3.05) is 18.4 Å². The van der Waals surface area contributed by atoms with Gasteiger partial charge in [-0.15, -0.1) is 0 Å². The van der Waals surface area contributed by atoms with Crippen molar-refractivity contribution >= 4 is 46.2 Å². The molecule has 0 bridgehead atoms. The van der Waals surface area contributed by atoms with Crippen molar-refractivity contribution in [1.29, 1.82) is 0 Å². The number of hydrogen-bond acceptors (Lipinski definition) is 1. The summed E-state index contributed by atoms with van der Waals surface area (Å²) in [6, 6.07) is 5.37. The molecule has 1 saturated heterocycles. The van der Waals surface area contributed by atoms with E-state index in [-0.39, 0.29) is 0 Å². The smallest absolute Gasteiger partial charge is 0.173 e. The zero-order valence-corrected chi connectivity index (χ0v) is 12.6. The van der Waals surface area contributed by atoms with Crippen molar-refractivity contribution in [3.05, 3.63) is 28.2 Å². The highest BCUT2D eigenvalue weighted by atomic mass is 35.5. The Labute approximate surface area is 123 Å². The SMILES string of the molecule is CC1CCN(C(=S)Nc2ccc(Cl)cc2Cl)CC1. The third-order valence-electron chi connectivity index (χ3n) is 3.24. The van der Waals surface area contributed by atoms with E-state index in [1.807, 2.05) is 6.07 Å². The van der Waals surface area contributed by atoms with Crippen LogP contribution in [0.15, 0.2) is 18.2 Å². The van der Waals surface area contributed by atoms with Crippen molar-refractivity contribution in [2.24, 2.45) is 5.92 Å². The molecule has 0 radical (unpaired) electrons. The normalized spacial score (nSPS) is 16.7. The molecule has 98 valence electrons. The number of rotatable bonds is 1. The second kappa shape index (κ2) is 6.09. The van der Waals surface area contributed by atoms with Crippen molar-refractivity contribution in [1.82, 2.24) is 4.90 Å². The molecule has 1 aromatic carbocycles. The van der Waals surface area contributed by atoms with Crippen molar-refractivity contribution in [2.45, 2.75) is 19.8 Å². The Morgan fingerprint density at radius 2 is 2.00 bits per heavy atom. The van der Waals surface area contributed by atoms with Crippen LogP contribution in [0.3, 0.4) is 0 Å². The van der Waals surface area contributed by atoms with Crippen LogP contribution in [-0.2, 0) is 0 Å². The molecule has 1 aliphatic heterocycles. The maximum atomic E-state index is 6.11. The molecule has 1 fully saturated rings. The average Bonchev–Trinajstić information content (AvgIpc) is 2.33. The average molecular weight is 303 g/mol. The van der Waals surface area contributed by atoms with Gasteiger partial charge in [-0.05, 0) is 49.2 Å². The van der Waals surface area contributed by atoms with Crippen molar-refractivity contribution in [3.63, 3.8) is 0 Å². The van der Waals surface area contributed by atoms with E-state index < -0.39 is 0 Å². The fraction of sp³-hybridized carbons (Fsp3) is 0.462. The molecule has 0 aromatic heterocycles. The second-order valence-corrected chi connectivity index (χ2v) is 5.95. The lowest BCUT2D eigenvalue weighted by Gasteiger charge is -2.32. The molecule has 1 heterocycles. The summed E-state index contributed by atoms with van der Waals surface area (Å²) in [5.41, 5.74) is 0.810. The lowest BCUT2D eigenvalue weighted by Crippen LogP contribution is -2.40. The lowest BCUT2D eigenvalue weighted by molar-refractivity contribution is 0.283. The third-order valence-corrected chi connectivity index (χ3v) is 4.15. The van der Waals surface area contributed by atoms with Gasteiger partial charge in [0.25, 0.3) is 0 Å². The summed E-state index contributed by atoms with van der Waals surface area (Å²) in [7, 11) is 0. The molecule has 0 unspecified atom stereocenters. The molecule has 0 atom stereocenters. The quantitative estimate of drug-likeness (QED) is 0.773. The monoisotopic (exact) mass is 302 g/mol. The van der Waals surface area contributed by atoms with E-state index in [2.05, 4.69) is 17.1 Å². The first kappa shape index (κ1) is 13.9. The molecule has 18 heavy (non-hydrogen) atoms. The predicted molar refractivity (Wildman–Crippen MR) is 82.7 cm³/mol. The Kier molecular flexibility index (Phi) is 4.71. The maximum Gasteiger partial charge on any atom is 0.173 e. The topological polar surface area (TPSA) is 15.3 Å². The number of benzene rings is 1. The summed E-state index contributed by atoms with van der Waals surface area (Å²) in [5, 5.41) is 5.15. The highest BCUT2D eigenvalue weighted by Gasteiger charge is 2.18. The molecule has 0 spiro atoms. The molecular formula is C13H16Cl2N2S. The van der Waals surface area contributed by atoms with E-state index in [0.29, 0.717) is 10.0 Å². The Morgan fingerprint density at radius 3 is 2.61 bits per heavy atom. The van der Waals surface area contributed by atoms with Gasteiger partial charge in [-0.1, -0.05) is 30.1 Å². The van der Waals surface area contributed by atoms with Crippen LogP contribution in [0.4, 0.5) is 5.69 Å². The second-order valence-electron chi connectivity index (χ2n) is 4.72. The van der Waals surface area contributed by atoms with Crippen LogP contribution < -0.4 is 5.32 Å². The zero-order chi connectivity index (χ0) is 13.1. The molecular weight excluding hydrogens is 287 g/mol. The van der Waals surface area contributed by atoms with E-state index in [9.17, 15) is 0 Å². The minimum atomic E-state index is 0.593. The number of halogens is 2. The van der Waals surface area contributed by atoms with Gasteiger partial charge in [-0.2, -0.15) is 0 Å². The first-order valence-electron chi connectivity index (χ1n) is 6.07. The molecule has 0 saturated carbocycles. The van der Waals surface area contributed by atoms with Crippen LogP contribution in [-0.4, -0.2) is 23.1 Å². The van der Waals surface area contributed by atoms with E-state index >= 15 is 0 Å². The highest BCUT2D eigenvalue weighted by Crippen LogP contribution is 2.26. The van der Waals surface area contributed by atoms with Crippen LogP contribution in [0.25, 0.3) is 0 Å². The molecule has 1 aliphatic rings. The summed E-state index contributed by atoms with van der Waals surface area (Å²) < 4.78 is 0. The Bertz CT molecular complexity index is 443. The summed E-state index contributed by atoms with van der Waals surface area (Å²) >= 11 is 17.4. The van der Waals surface area contributed by atoms with Gasteiger partial charge in [0.05, 0.1) is 10.7 Å². The maximum absolute atomic E-state index is 6.11. The van der Waals surface area contributed by atoms with Gasteiger partial charge >= 0.3 is 0 Å². The van der Waals surface area contributed by atoms with Crippen LogP contribution in [0.2, 0.25) is 10.0 Å². The number of piperidine rings is 1. The van der Waals surface area contributed by atoms with Gasteiger partial charge in [-0.3, -0.25) is 0 Å². The van der Waals surface area contributed by atoms with Gasteiger partial charge < -0.3 is 10.2 Å². The summed E-state index contributed by atoms with van der Waals surface area (Å²) in [6.45, 7) is 4.31. The minimum absolute atomic E-state index is 0.593. The van der Waals surface area contributed by atoms with Gasteiger partial charge in [0, 0.05) is 18.1 Å². The number of anilines is 1. The first-order chi connectivity index (χ1) is 8.56. The molecule has 2 nitrogen and oxygen atoms in total. The van der Waals surface area contributed by atoms with Gasteiger partial charge in [0.15, 0.2) is 5.11 Å². The Balaban J connectivity index is 1.98. The standard InChI is InChI=1S/C13H16Cl2N2S/c1-9-4-6-17(7-5-9)13(18)16-12-3-2-10(14)8-11(12)15/h2-3,8-9H,4-7H2,1H3,(H,16,18). The van der Waals surface area contributed by atoms with Crippen LogP contribution >= 0.6 is 35.4 Å². The largest absolute Gasteiger partial charge is 0.349 e. The first-order valence-corrected chi connectivity index (χ1v) is 7.23. The summed E-state index contributed by atoms with van der Waals surface area (Å²) in [5.74, 6) is 0.795. The number of likely N-dealkylation sites (tertiary alicyclic amines) is 1. The van der Waals surface area contributed by atoms with E-state index in [1.165, 1.54) is 12.8 Å². The Hall–Kier alpha value is -0.510. The number of hydrogen-bond donors (Lipinski definition) is 1. The number of nitrogens with zero attached hydrogens (tertiary/aromatic N) is 1. The number of thiocarbonyl (C=S) groups is 1. The molecule has 0 amide bonds. The van der Waals surface area contributed by atoms with Crippen molar-refractivity contribution < 1.29 is 0 Å². The lowest BCUT2D eigenvalue weighted by atomic mass is 10.00. The van der Waals surface area contributed by atoms with Crippen LogP contribution in [0.1, 0.15) is 19.8 Å². The van der Waals surface area contributed by atoms with E-state index in [4.69, 9.17) is 35.4 Å². The Morgan fingerprint density at radius 1 is 1.33 bits per heavy atom. The van der Waals surface area contributed by atoms with Gasteiger partial charge in [0.1, 0.15) is 0 Å². The predicted octanol–water partition coefficient (Wildman–Crippen LogP) is 4.42. The molecule has 2 rings (SSSR count). The van der Waals surface area contributed by atoms with Crippen molar-refractivity contribution in [3.8, 4) is 0 Å². The van der Waals surface area contributed by atoms with E-state index in [1.54, 1.807) is 12.1 Å². The molecule has 5 heteroatoms. The minimum Gasteiger partial charge on any atom is -0.349 e. The zero-order valence-electron chi connectivity index (χ0n) is 10.2. The van der Waals surface area contributed by atoms with Gasteiger partial charge in [0.2, 0.25) is 0 Å². The van der Waals surface area contributed by atoms with Crippen LogP contribution in [0, 0.1) is 5.92 Å². The summed E-state index contributed by atoms with van der Waals surface area (Å²) in [6.07, 6.45) is 2.38. The highest BCUT2D eigenvalue weighted by molar-refractivity contribution is 7.80. The van der Waals surface area contributed by atoms with Crippen LogP contribution in [0.5, 0.6) is 0 Å². The van der Waals surface area contributed by atoms with Gasteiger partial charge in [-0.25, -0.2) is 0 Å². The fourth-order valence-corrected chi connectivity index (χ4v) is 2.75. The number of nitrogens with one attached hydrogen (secondary N) is 1. The molecule has 0 aliphatic carbocycles. The fourth-order valence-electron chi connectivity index (χ4n) is 2.00. The van der Waals surface area contributed by atoms with E-state index in [0.717, 1.165) is 29.8 Å². The third kappa shape index (κ3) is 3.50. The molecule has 1 aromatic rings. The molecule has 1 N–H and O–H groups in total.